The van der Waals surface area contributed by atoms with Gasteiger partial charge in [-0.3, -0.25) is 4.79 Å². The maximum Gasteiger partial charge on any atom is 0.321 e. The van der Waals surface area contributed by atoms with Gasteiger partial charge in [0.05, 0.1) is 0 Å². The number of anilines is 1. The first-order chi connectivity index (χ1) is 11.5. The fourth-order valence-electron chi connectivity index (χ4n) is 2.50. The molecule has 0 aliphatic carbocycles. The standard InChI is InChI=1S/C18H27N3O2S/c1-4-14(3)19-17(22)15-6-7-16(13(2)12-15)20-18(23)21-8-5-10-24-11-9-21/h6-7,12,14H,4-5,8-11H2,1-3H3,(H,19,22)(H,20,23). The van der Waals surface area contributed by atoms with Crippen molar-refractivity contribution in [3.63, 3.8) is 0 Å². The lowest BCUT2D eigenvalue weighted by atomic mass is 10.1. The van der Waals surface area contributed by atoms with Crippen LogP contribution in [0.2, 0.25) is 0 Å². The van der Waals surface area contributed by atoms with Crippen molar-refractivity contribution in [3.05, 3.63) is 29.3 Å². The Morgan fingerprint density at radius 2 is 2.08 bits per heavy atom. The highest BCUT2D eigenvalue weighted by molar-refractivity contribution is 7.99. The summed E-state index contributed by atoms with van der Waals surface area (Å²) in [5.74, 6) is 2.03. The fourth-order valence-corrected chi connectivity index (χ4v) is 3.38. The number of benzene rings is 1. The van der Waals surface area contributed by atoms with Crippen LogP contribution in [0, 0.1) is 6.92 Å². The highest BCUT2D eigenvalue weighted by Crippen LogP contribution is 2.18. The van der Waals surface area contributed by atoms with Gasteiger partial charge in [-0.25, -0.2) is 4.79 Å². The smallest absolute Gasteiger partial charge is 0.321 e. The number of hydrogen-bond donors (Lipinski definition) is 2. The summed E-state index contributed by atoms with van der Waals surface area (Å²) < 4.78 is 0. The largest absolute Gasteiger partial charge is 0.350 e. The summed E-state index contributed by atoms with van der Waals surface area (Å²) in [6, 6.07) is 5.49. The van der Waals surface area contributed by atoms with Crippen LogP contribution in [0.15, 0.2) is 18.2 Å². The van der Waals surface area contributed by atoms with Crippen LogP contribution in [0.4, 0.5) is 10.5 Å². The lowest BCUT2D eigenvalue weighted by molar-refractivity contribution is 0.0939. The van der Waals surface area contributed by atoms with Crippen LogP contribution in [-0.4, -0.2) is 47.5 Å². The third-order valence-corrected chi connectivity index (χ3v) is 5.28. The van der Waals surface area contributed by atoms with E-state index in [1.807, 2.05) is 49.6 Å². The van der Waals surface area contributed by atoms with E-state index in [1.54, 1.807) is 6.07 Å². The maximum absolute atomic E-state index is 12.4. The zero-order chi connectivity index (χ0) is 17.5. The molecule has 6 heteroatoms. The molecule has 1 aliphatic rings. The fraction of sp³-hybridized carbons (Fsp3) is 0.556. The molecule has 1 heterocycles. The quantitative estimate of drug-likeness (QED) is 0.875. The number of amides is 3. The summed E-state index contributed by atoms with van der Waals surface area (Å²) in [4.78, 5) is 26.4. The van der Waals surface area contributed by atoms with Crippen LogP contribution in [0.25, 0.3) is 0 Å². The lowest BCUT2D eigenvalue weighted by Gasteiger charge is -2.21. The molecule has 0 bridgehead atoms. The average molecular weight is 350 g/mol. The van der Waals surface area contributed by atoms with Gasteiger partial charge in [-0.1, -0.05) is 6.92 Å². The van der Waals surface area contributed by atoms with Crippen molar-refractivity contribution in [2.24, 2.45) is 0 Å². The Morgan fingerprint density at radius 1 is 1.29 bits per heavy atom. The minimum atomic E-state index is -0.0742. The Bertz CT molecular complexity index is 584. The number of hydrogen-bond acceptors (Lipinski definition) is 3. The second-order valence-corrected chi connectivity index (χ2v) is 7.42. The summed E-state index contributed by atoms with van der Waals surface area (Å²) in [6.45, 7) is 7.52. The molecule has 1 aromatic carbocycles. The molecule has 24 heavy (non-hydrogen) atoms. The summed E-state index contributed by atoms with van der Waals surface area (Å²) in [5, 5.41) is 5.93. The minimum Gasteiger partial charge on any atom is -0.350 e. The number of nitrogens with one attached hydrogen (secondary N) is 2. The topological polar surface area (TPSA) is 61.4 Å². The van der Waals surface area contributed by atoms with Crippen LogP contribution in [0.1, 0.15) is 42.6 Å². The highest BCUT2D eigenvalue weighted by Gasteiger charge is 2.17. The van der Waals surface area contributed by atoms with E-state index in [4.69, 9.17) is 0 Å². The van der Waals surface area contributed by atoms with Gasteiger partial charge < -0.3 is 15.5 Å². The SMILES string of the molecule is CCC(C)NC(=O)c1ccc(NC(=O)N2CCCSCC2)c(C)c1. The monoisotopic (exact) mass is 349 g/mol. The summed E-state index contributed by atoms with van der Waals surface area (Å²) in [5.41, 5.74) is 2.28. The molecule has 0 radical (unpaired) electrons. The Kier molecular flexibility index (Phi) is 6.97. The van der Waals surface area contributed by atoms with E-state index in [2.05, 4.69) is 10.6 Å². The number of urea groups is 1. The van der Waals surface area contributed by atoms with E-state index < -0.39 is 0 Å². The number of thioether (sulfide) groups is 1. The van der Waals surface area contributed by atoms with E-state index in [-0.39, 0.29) is 18.0 Å². The molecule has 1 atom stereocenters. The van der Waals surface area contributed by atoms with Crippen molar-refractivity contribution < 1.29 is 9.59 Å². The van der Waals surface area contributed by atoms with Gasteiger partial charge in [0.15, 0.2) is 0 Å². The van der Waals surface area contributed by atoms with Crippen LogP contribution in [0.3, 0.4) is 0 Å². The van der Waals surface area contributed by atoms with E-state index in [0.717, 1.165) is 48.7 Å². The van der Waals surface area contributed by atoms with Crippen LogP contribution >= 0.6 is 11.8 Å². The van der Waals surface area contributed by atoms with Gasteiger partial charge in [0, 0.05) is 36.1 Å². The van der Waals surface area contributed by atoms with Gasteiger partial charge in [-0.15, -0.1) is 0 Å². The van der Waals surface area contributed by atoms with Crippen LogP contribution < -0.4 is 10.6 Å². The average Bonchev–Trinajstić information content (AvgIpc) is 2.85. The van der Waals surface area contributed by atoms with Crippen molar-refractivity contribution in [2.75, 3.05) is 29.9 Å². The number of carbonyl (C=O) groups is 2. The molecular weight excluding hydrogens is 322 g/mol. The van der Waals surface area contributed by atoms with E-state index >= 15 is 0 Å². The van der Waals surface area contributed by atoms with Crippen LogP contribution in [0.5, 0.6) is 0 Å². The van der Waals surface area contributed by atoms with Gasteiger partial charge in [0.1, 0.15) is 0 Å². The van der Waals surface area contributed by atoms with Gasteiger partial charge in [0.25, 0.3) is 5.91 Å². The van der Waals surface area contributed by atoms with E-state index in [0.29, 0.717) is 5.56 Å². The summed E-state index contributed by atoms with van der Waals surface area (Å²) >= 11 is 1.89. The van der Waals surface area contributed by atoms with Crippen molar-refractivity contribution in [1.82, 2.24) is 10.2 Å². The minimum absolute atomic E-state index is 0.0580. The molecule has 1 fully saturated rings. The Balaban J connectivity index is 2.01. The Hall–Kier alpha value is -1.69. The highest BCUT2D eigenvalue weighted by atomic mass is 32.2. The Morgan fingerprint density at radius 3 is 2.79 bits per heavy atom. The molecule has 1 saturated heterocycles. The first-order valence-corrected chi connectivity index (χ1v) is 9.72. The molecule has 2 N–H and O–H groups in total. The number of rotatable bonds is 4. The van der Waals surface area contributed by atoms with E-state index in [1.165, 1.54) is 0 Å². The molecule has 0 saturated carbocycles. The van der Waals surface area contributed by atoms with E-state index in [9.17, 15) is 9.59 Å². The lowest BCUT2D eigenvalue weighted by Crippen LogP contribution is -2.36. The zero-order valence-electron chi connectivity index (χ0n) is 14.7. The van der Waals surface area contributed by atoms with Crippen molar-refractivity contribution in [2.45, 2.75) is 39.7 Å². The number of aryl methyl sites for hydroxylation is 1. The molecule has 1 unspecified atom stereocenters. The molecule has 3 amide bonds. The molecule has 5 nitrogen and oxygen atoms in total. The molecule has 132 valence electrons. The van der Waals surface area contributed by atoms with Crippen LogP contribution in [-0.2, 0) is 0 Å². The van der Waals surface area contributed by atoms with Gasteiger partial charge in [-0.2, -0.15) is 11.8 Å². The number of carbonyl (C=O) groups excluding carboxylic acids is 2. The predicted octanol–water partition coefficient (Wildman–Crippen LogP) is 3.49. The van der Waals surface area contributed by atoms with Crippen molar-refractivity contribution in [1.29, 1.82) is 0 Å². The molecule has 0 spiro atoms. The maximum atomic E-state index is 12.4. The van der Waals surface area contributed by atoms with Gasteiger partial charge in [-0.05, 0) is 56.2 Å². The second-order valence-electron chi connectivity index (χ2n) is 6.20. The van der Waals surface area contributed by atoms with Crippen molar-refractivity contribution >= 4 is 29.4 Å². The third-order valence-electron chi connectivity index (χ3n) is 4.23. The molecular formula is C18H27N3O2S. The second kappa shape index (κ2) is 8.97. The molecule has 1 aliphatic heterocycles. The van der Waals surface area contributed by atoms with Crippen molar-refractivity contribution in [3.8, 4) is 0 Å². The summed E-state index contributed by atoms with van der Waals surface area (Å²) in [6.07, 6.45) is 1.93. The normalized spacial score (nSPS) is 16.2. The first kappa shape index (κ1) is 18.6. The first-order valence-electron chi connectivity index (χ1n) is 8.56. The summed E-state index contributed by atoms with van der Waals surface area (Å²) in [7, 11) is 0. The molecule has 2 rings (SSSR count). The molecule has 0 aromatic heterocycles. The molecule has 1 aromatic rings. The van der Waals surface area contributed by atoms with Gasteiger partial charge >= 0.3 is 6.03 Å². The third kappa shape index (κ3) is 5.16. The zero-order valence-corrected chi connectivity index (χ0v) is 15.5. The Labute approximate surface area is 148 Å². The predicted molar refractivity (Wildman–Crippen MR) is 101 cm³/mol. The van der Waals surface area contributed by atoms with Gasteiger partial charge in [0.2, 0.25) is 0 Å². The number of nitrogens with zero attached hydrogens (tertiary/aromatic N) is 1.